The van der Waals surface area contributed by atoms with E-state index in [1.54, 1.807) is 19.1 Å². The van der Waals surface area contributed by atoms with Crippen molar-refractivity contribution in [2.24, 2.45) is 0 Å². The molecule has 3 nitrogen and oxygen atoms in total. The molecular formula is C17H17FN2O. The SMILES string of the molecule is Cc1ccc(NC(=O)NC2CCc3ccccc32)cc1F. The number of benzene rings is 2. The van der Waals surface area contributed by atoms with Crippen LogP contribution < -0.4 is 10.6 Å². The molecule has 4 heteroatoms. The van der Waals surface area contributed by atoms with Crippen LogP contribution in [0.1, 0.15) is 29.2 Å². The number of hydrogen-bond acceptors (Lipinski definition) is 1. The molecule has 108 valence electrons. The molecule has 1 unspecified atom stereocenters. The van der Waals surface area contributed by atoms with Gasteiger partial charge in [-0.1, -0.05) is 30.3 Å². The number of amides is 2. The molecule has 0 fully saturated rings. The number of urea groups is 1. The highest BCUT2D eigenvalue weighted by atomic mass is 19.1. The van der Waals surface area contributed by atoms with Crippen LogP contribution in [0.3, 0.4) is 0 Å². The Morgan fingerprint density at radius 1 is 1.24 bits per heavy atom. The lowest BCUT2D eigenvalue weighted by atomic mass is 10.1. The lowest BCUT2D eigenvalue weighted by molar-refractivity contribution is 0.248. The van der Waals surface area contributed by atoms with E-state index < -0.39 is 0 Å². The molecule has 1 aliphatic carbocycles. The van der Waals surface area contributed by atoms with E-state index in [0.29, 0.717) is 11.3 Å². The number of rotatable bonds is 2. The van der Waals surface area contributed by atoms with Gasteiger partial charge in [-0.15, -0.1) is 0 Å². The van der Waals surface area contributed by atoms with E-state index in [-0.39, 0.29) is 17.9 Å². The second-order valence-electron chi connectivity index (χ2n) is 5.35. The summed E-state index contributed by atoms with van der Waals surface area (Å²) in [6.45, 7) is 1.69. The maximum absolute atomic E-state index is 13.5. The summed E-state index contributed by atoms with van der Waals surface area (Å²) in [5.41, 5.74) is 3.47. The molecule has 0 aromatic heterocycles. The lowest BCUT2D eigenvalue weighted by Gasteiger charge is -2.15. The van der Waals surface area contributed by atoms with Crippen LogP contribution in [0.5, 0.6) is 0 Å². The van der Waals surface area contributed by atoms with Crippen LogP contribution in [-0.2, 0) is 6.42 Å². The molecule has 2 amide bonds. The molecular weight excluding hydrogens is 267 g/mol. The van der Waals surface area contributed by atoms with Gasteiger partial charge in [0.1, 0.15) is 5.82 Å². The van der Waals surface area contributed by atoms with E-state index in [1.165, 1.54) is 17.2 Å². The minimum Gasteiger partial charge on any atom is -0.331 e. The molecule has 1 atom stereocenters. The number of hydrogen-bond donors (Lipinski definition) is 2. The Morgan fingerprint density at radius 3 is 2.86 bits per heavy atom. The van der Waals surface area contributed by atoms with Crippen molar-refractivity contribution in [1.29, 1.82) is 0 Å². The first-order valence-electron chi connectivity index (χ1n) is 7.05. The number of nitrogens with one attached hydrogen (secondary N) is 2. The zero-order valence-corrected chi connectivity index (χ0v) is 11.8. The van der Waals surface area contributed by atoms with E-state index in [1.807, 2.05) is 18.2 Å². The summed E-state index contributed by atoms with van der Waals surface area (Å²) in [6.07, 6.45) is 1.87. The molecule has 3 rings (SSSR count). The highest BCUT2D eigenvalue weighted by Gasteiger charge is 2.23. The third kappa shape index (κ3) is 2.89. The number of aryl methyl sites for hydroxylation is 2. The second-order valence-corrected chi connectivity index (χ2v) is 5.35. The lowest BCUT2D eigenvalue weighted by Crippen LogP contribution is -2.31. The molecule has 1 aliphatic rings. The van der Waals surface area contributed by atoms with Gasteiger partial charge in [0.05, 0.1) is 6.04 Å². The van der Waals surface area contributed by atoms with Crippen LogP contribution in [0.2, 0.25) is 0 Å². The molecule has 0 saturated heterocycles. The van der Waals surface area contributed by atoms with Crippen molar-refractivity contribution in [2.75, 3.05) is 5.32 Å². The fraction of sp³-hybridized carbons (Fsp3) is 0.235. The van der Waals surface area contributed by atoms with Crippen molar-refractivity contribution in [2.45, 2.75) is 25.8 Å². The fourth-order valence-corrected chi connectivity index (χ4v) is 2.70. The van der Waals surface area contributed by atoms with Crippen molar-refractivity contribution >= 4 is 11.7 Å². The largest absolute Gasteiger partial charge is 0.331 e. The normalized spacial score (nSPS) is 16.4. The molecule has 0 bridgehead atoms. The van der Waals surface area contributed by atoms with E-state index in [9.17, 15) is 9.18 Å². The van der Waals surface area contributed by atoms with Crippen molar-refractivity contribution in [3.05, 3.63) is 65.0 Å². The van der Waals surface area contributed by atoms with Gasteiger partial charge in [0.25, 0.3) is 0 Å². The predicted octanol–water partition coefficient (Wildman–Crippen LogP) is 3.94. The van der Waals surface area contributed by atoms with Gasteiger partial charge in [0, 0.05) is 5.69 Å². The van der Waals surface area contributed by atoms with Gasteiger partial charge < -0.3 is 10.6 Å². The molecule has 0 aliphatic heterocycles. The van der Waals surface area contributed by atoms with E-state index in [2.05, 4.69) is 16.7 Å². The minimum atomic E-state index is -0.320. The van der Waals surface area contributed by atoms with E-state index in [4.69, 9.17) is 0 Å². The standard InChI is InChI=1S/C17H17FN2O/c1-11-6-8-13(10-15(11)18)19-17(21)20-16-9-7-12-4-2-3-5-14(12)16/h2-6,8,10,16H,7,9H2,1H3,(H2,19,20,21). The fourth-order valence-electron chi connectivity index (χ4n) is 2.70. The average molecular weight is 284 g/mol. The summed E-state index contributed by atoms with van der Waals surface area (Å²) in [4.78, 5) is 12.0. The summed E-state index contributed by atoms with van der Waals surface area (Å²) in [6, 6.07) is 12.5. The monoisotopic (exact) mass is 284 g/mol. The van der Waals surface area contributed by atoms with Crippen LogP contribution in [-0.4, -0.2) is 6.03 Å². The van der Waals surface area contributed by atoms with Crippen LogP contribution >= 0.6 is 0 Å². The van der Waals surface area contributed by atoms with Gasteiger partial charge in [0.15, 0.2) is 0 Å². The first-order chi connectivity index (χ1) is 10.1. The maximum atomic E-state index is 13.5. The number of anilines is 1. The molecule has 0 heterocycles. The predicted molar refractivity (Wildman–Crippen MR) is 80.8 cm³/mol. The van der Waals surface area contributed by atoms with Crippen molar-refractivity contribution in [3.8, 4) is 0 Å². The Bertz CT molecular complexity index is 684. The Hall–Kier alpha value is -2.36. The highest BCUT2D eigenvalue weighted by molar-refractivity contribution is 5.89. The number of halogens is 1. The number of fused-ring (bicyclic) bond motifs is 1. The molecule has 0 saturated carbocycles. The topological polar surface area (TPSA) is 41.1 Å². The maximum Gasteiger partial charge on any atom is 0.319 e. The van der Waals surface area contributed by atoms with Gasteiger partial charge >= 0.3 is 6.03 Å². The van der Waals surface area contributed by atoms with Crippen LogP contribution in [0.25, 0.3) is 0 Å². The molecule has 21 heavy (non-hydrogen) atoms. The average Bonchev–Trinajstić information content (AvgIpc) is 2.86. The minimum absolute atomic E-state index is 0.0245. The number of carbonyl (C=O) groups is 1. The van der Waals surface area contributed by atoms with Crippen molar-refractivity contribution in [3.63, 3.8) is 0 Å². The Morgan fingerprint density at radius 2 is 2.05 bits per heavy atom. The zero-order chi connectivity index (χ0) is 14.8. The third-order valence-corrected chi connectivity index (χ3v) is 3.87. The molecule has 0 radical (unpaired) electrons. The Labute approximate surface area is 123 Å². The highest BCUT2D eigenvalue weighted by Crippen LogP contribution is 2.30. The molecule has 0 spiro atoms. The molecule has 2 aromatic rings. The Balaban J connectivity index is 1.66. The van der Waals surface area contributed by atoms with E-state index in [0.717, 1.165) is 12.8 Å². The zero-order valence-electron chi connectivity index (χ0n) is 11.8. The molecule has 2 N–H and O–H groups in total. The second kappa shape index (κ2) is 5.56. The van der Waals surface area contributed by atoms with Crippen LogP contribution in [0, 0.1) is 12.7 Å². The Kier molecular flexibility index (Phi) is 3.60. The van der Waals surface area contributed by atoms with Gasteiger partial charge in [-0.05, 0) is 48.6 Å². The summed E-state index contributed by atoms with van der Waals surface area (Å²) in [5, 5.41) is 5.62. The summed E-state index contributed by atoms with van der Waals surface area (Å²) in [5.74, 6) is -0.320. The van der Waals surface area contributed by atoms with Gasteiger partial charge in [0.2, 0.25) is 0 Å². The van der Waals surface area contributed by atoms with Gasteiger partial charge in [-0.3, -0.25) is 0 Å². The van der Waals surface area contributed by atoms with E-state index >= 15 is 0 Å². The first kappa shape index (κ1) is 13.6. The molecule has 2 aromatic carbocycles. The quantitative estimate of drug-likeness (QED) is 0.861. The summed E-state index contributed by atoms with van der Waals surface area (Å²) < 4.78 is 13.5. The van der Waals surface area contributed by atoms with Crippen molar-refractivity contribution in [1.82, 2.24) is 5.32 Å². The third-order valence-electron chi connectivity index (χ3n) is 3.87. The summed E-state index contributed by atoms with van der Waals surface area (Å²) in [7, 11) is 0. The van der Waals surface area contributed by atoms with Gasteiger partial charge in [-0.25, -0.2) is 9.18 Å². The number of carbonyl (C=O) groups excluding carboxylic acids is 1. The van der Waals surface area contributed by atoms with Crippen LogP contribution in [0.4, 0.5) is 14.9 Å². The summed E-state index contributed by atoms with van der Waals surface area (Å²) >= 11 is 0. The first-order valence-corrected chi connectivity index (χ1v) is 7.05. The smallest absolute Gasteiger partial charge is 0.319 e. The van der Waals surface area contributed by atoms with Crippen molar-refractivity contribution < 1.29 is 9.18 Å². The van der Waals surface area contributed by atoms with Crippen LogP contribution in [0.15, 0.2) is 42.5 Å². The van der Waals surface area contributed by atoms with Gasteiger partial charge in [-0.2, -0.15) is 0 Å².